The van der Waals surface area contributed by atoms with Crippen molar-refractivity contribution >= 4 is 39.1 Å². The zero-order valence-electron chi connectivity index (χ0n) is 21.0. The molecular weight excluding hydrogens is 561 g/mol. The number of nitrogens with zero attached hydrogens (tertiary/aromatic N) is 3. The number of likely N-dealkylation sites (tertiary alicyclic amines) is 1. The Morgan fingerprint density at radius 3 is 2.33 bits per heavy atom. The number of hydrogen-bond acceptors (Lipinski definition) is 7. The molecule has 0 bridgehead atoms. The van der Waals surface area contributed by atoms with E-state index in [1.165, 1.54) is 6.07 Å². The number of nitriles is 1. The number of sulfone groups is 1. The number of hydrogen-bond donors (Lipinski definition) is 1. The lowest BCUT2D eigenvalue weighted by Gasteiger charge is -2.29. The molecule has 0 unspecified atom stereocenters. The van der Waals surface area contributed by atoms with Crippen molar-refractivity contribution < 1.29 is 35.9 Å². The van der Waals surface area contributed by atoms with Crippen LogP contribution in [0.15, 0.2) is 23.1 Å². The summed E-state index contributed by atoms with van der Waals surface area (Å²) in [6.07, 6.45) is -4.89. The molecule has 0 aromatic heterocycles. The van der Waals surface area contributed by atoms with Crippen LogP contribution in [-0.2, 0) is 19.4 Å². The van der Waals surface area contributed by atoms with Gasteiger partial charge in [0.15, 0.2) is 16.1 Å². The van der Waals surface area contributed by atoms with E-state index < -0.39 is 76.3 Å². The van der Waals surface area contributed by atoms with Crippen molar-refractivity contribution in [1.29, 1.82) is 5.26 Å². The van der Waals surface area contributed by atoms with E-state index in [1.54, 1.807) is 12.1 Å². The molecule has 14 heteroatoms. The highest BCUT2D eigenvalue weighted by Gasteiger charge is 2.70. The van der Waals surface area contributed by atoms with E-state index >= 15 is 0 Å². The van der Waals surface area contributed by atoms with Crippen LogP contribution in [0.5, 0.6) is 0 Å². The van der Waals surface area contributed by atoms with Gasteiger partial charge in [0.2, 0.25) is 5.91 Å². The Morgan fingerprint density at radius 1 is 1.13 bits per heavy atom. The second-order valence-corrected chi connectivity index (χ2v) is 13.4. The van der Waals surface area contributed by atoms with Crippen molar-refractivity contribution in [2.75, 3.05) is 24.5 Å². The first kappa shape index (κ1) is 27.8. The summed E-state index contributed by atoms with van der Waals surface area (Å²) in [5.41, 5.74) is -2.97. The number of piperidine rings is 1. The molecule has 2 aliphatic heterocycles. The quantitative estimate of drug-likeness (QED) is 0.530. The lowest BCUT2D eigenvalue weighted by molar-refractivity contribution is -0.201. The van der Waals surface area contributed by atoms with E-state index in [9.17, 15) is 36.4 Å². The molecule has 9 nitrogen and oxygen atoms in total. The number of amides is 2. The summed E-state index contributed by atoms with van der Waals surface area (Å²) in [5.74, 6) is -1.32. The van der Waals surface area contributed by atoms with Crippen LogP contribution >= 0.6 is 11.6 Å². The molecule has 4 fully saturated rings. The minimum Gasteiger partial charge on any atom is -0.425 e. The largest absolute Gasteiger partial charge is 0.425 e. The van der Waals surface area contributed by atoms with Crippen molar-refractivity contribution in [3.63, 3.8) is 0 Å². The third kappa shape index (κ3) is 5.13. The molecule has 4 aliphatic rings. The number of ether oxygens (including phenoxy) is 1. The van der Waals surface area contributed by atoms with Gasteiger partial charge in [-0.05, 0) is 63.1 Å². The topological polar surface area (TPSA) is 120 Å². The number of nitrogens with one attached hydrogen (secondary N) is 1. The Morgan fingerprint density at radius 2 is 1.79 bits per heavy atom. The smallest absolute Gasteiger partial charge is 0.410 e. The molecule has 1 aromatic carbocycles. The number of anilines is 1. The van der Waals surface area contributed by atoms with Gasteiger partial charge in [-0.25, -0.2) is 13.2 Å². The summed E-state index contributed by atoms with van der Waals surface area (Å²) < 4.78 is 73.8. The minimum atomic E-state index is -4.83. The molecule has 5 rings (SSSR count). The predicted octanol–water partition coefficient (Wildman–Crippen LogP) is 4.16. The number of halogens is 4. The predicted molar refractivity (Wildman–Crippen MR) is 134 cm³/mol. The molecule has 2 atom stereocenters. The van der Waals surface area contributed by atoms with Gasteiger partial charge in [0.25, 0.3) is 0 Å². The number of alkyl halides is 3. The fourth-order valence-corrected chi connectivity index (χ4v) is 7.54. The number of carbonyl (C=O) groups is 2. The highest BCUT2D eigenvalue weighted by Crippen LogP contribution is 2.59. The Bertz CT molecular complexity index is 1320. The SMILES string of the molecule is N#CC1(NC(=O)O[C@H]2C[C@@H](S(=O)(=O)c3ccc(N4CCCCC4)cc3Cl)CN2C(=O)C2(C(F)(F)F)CC2)CC1. The summed E-state index contributed by atoms with van der Waals surface area (Å²) >= 11 is 6.41. The fraction of sp³-hybridized carbons (Fsp3) is 0.640. The first-order valence-electron chi connectivity index (χ1n) is 12.9. The maximum Gasteiger partial charge on any atom is 0.410 e. The summed E-state index contributed by atoms with van der Waals surface area (Å²) in [4.78, 5) is 28.2. The monoisotopic (exact) mass is 588 g/mol. The lowest BCUT2D eigenvalue weighted by Crippen LogP contribution is -2.49. The Kier molecular flexibility index (Phi) is 6.94. The minimum absolute atomic E-state index is 0.0308. The summed E-state index contributed by atoms with van der Waals surface area (Å²) in [6, 6.07) is 6.50. The molecule has 0 spiro atoms. The molecule has 0 radical (unpaired) electrons. The fourth-order valence-electron chi connectivity index (χ4n) is 5.32. The van der Waals surface area contributed by atoms with Crippen LogP contribution in [0.1, 0.15) is 51.4 Å². The van der Waals surface area contributed by atoms with E-state index in [-0.39, 0.29) is 9.92 Å². The van der Waals surface area contributed by atoms with Crippen LogP contribution in [-0.4, -0.2) is 68.1 Å². The maximum atomic E-state index is 13.8. The number of rotatable bonds is 6. The summed E-state index contributed by atoms with van der Waals surface area (Å²) in [7, 11) is -4.23. The highest BCUT2D eigenvalue weighted by atomic mass is 35.5. The molecule has 2 saturated heterocycles. The third-order valence-electron chi connectivity index (χ3n) is 8.11. The highest BCUT2D eigenvalue weighted by molar-refractivity contribution is 7.92. The maximum absolute atomic E-state index is 13.8. The second-order valence-electron chi connectivity index (χ2n) is 10.8. The van der Waals surface area contributed by atoms with E-state index in [2.05, 4.69) is 10.2 Å². The van der Waals surface area contributed by atoms with E-state index in [0.29, 0.717) is 17.7 Å². The van der Waals surface area contributed by atoms with Crippen molar-refractivity contribution in [1.82, 2.24) is 10.2 Å². The van der Waals surface area contributed by atoms with E-state index in [0.717, 1.165) is 38.0 Å². The molecule has 2 aliphatic carbocycles. The third-order valence-corrected chi connectivity index (χ3v) is 10.7. The summed E-state index contributed by atoms with van der Waals surface area (Å²) in [5, 5.41) is 10.2. The van der Waals surface area contributed by atoms with Crippen LogP contribution in [0, 0.1) is 16.7 Å². The van der Waals surface area contributed by atoms with Crippen LogP contribution < -0.4 is 10.2 Å². The van der Waals surface area contributed by atoms with Crippen molar-refractivity contribution in [3.8, 4) is 6.07 Å². The molecule has 1 N–H and O–H groups in total. The van der Waals surface area contributed by atoms with Gasteiger partial charge in [-0.1, -0.05) is 11.6 Å². The van der Waals surface area contributed by atoms with Gasteiger partial charge in [0, 0.05) is 31.7 Å². The normalized spacial score (nSPS) is 25.5. The average molecular weight is 589 g/mol. The lowest BCUT2D eigenvalue weighted by atomic mass is 10.1. The van der Waals surface area contributed by atoms with E-state index in [4.69, 9.17) is 16.3 Å². The van der Waals surface area contributed by atoms with Gasteiger partial charge in [-0.3, -0.25) is 4.79 Å². The van der Waals surface area contributed by atoms with Crippen LogP contribution in [0.25, 0.3) is 0 Å². The molecule has 2 amide bonds. The van der Waals surface area contributed by atoms with Crippen LogP contribution in [0.2, 0.25) is 5.02 Å². The zero-order chi connectivity index (χ0) is 28.2. The standard InChI is InChI=1S/C25H28ClF3N4O5S/c26-18-12-16(32-10-2-1-3-11-32)4-5-19(18)39(36,37)17-13-20(38-22(35)31-23(15-30)6-7-23)33(14-17)21(34)24(8-9-24)25(27,28)29/h4-5,12,17,20H,1-3,6-11,13-14H2,(H,31,35)/t17-,20+/m1/s1. The Labute approximate surface area is 229 Å². The molecule has 212 valence electrons. The Hall–Kier alpha value is -2.72. The van der Waals surface area contributed by atoms with Gasteiger partial charge in [-0.2, -0.15) is 18.4 Å². The van der Waals surface area contributed by atoms with Crippen LogP contribution in [0.3, 0.4) is 0 Å². The zero-order valence-corrected chi connectivity index (χ0v) is 22.5. The molecular formula is C25H28ClF3N4O5S. The van der Waals surface area contributed by atoms with Gasteiger partial charge < -0.3 is 19.9 Å². The first-order valence-corrected chi connectivity index (χ1v) is 14.8. The molecule has 2 saturated carbocycles. The van der Waals surface area contributed by atoms with Gasteiger partial charge in [0.1, 0.15) is 11.0 Å². The summed E-state index contributed by atoms with van der Waals surface area (Å²) in [6.45, 7) is 1.04. The second kappa shape index (κ2) is 9.73. The van der Waals surface area contributed by atoms with Crippen molar-refractivity contribution in [3.05, 3.63) is 23.2 Å². The number of benzene rings is 1. The van der Waals surface area contributed by atoms with Gasteiger partial charge >= 0.3 is 12.3 Å². The number of carbonyl (C=O) groups excluding carboxylic acids is 2. The molecule has 1 aromatic rings. The number of alkyl carbamates (subject to hydrolysis) is 1. The van der Waals surface area contributed by atoms with Crippen LogP contribution in [0.4, 0.5) is 23.7 Å². The molecule has 2 heterocycles. The first-order chi connectivity index (χ1) is 18.3. The van der Waals surface area contributed by atoms with Gasteiger partial charge in [-0.15, -0.1) is 0 Å². The molecule has 39 heavy (non-hydrogen) atoms. The van der Waals surface area contributed by atoms with E-state index in [1.807, 2.05) is 6.07 Å². The van der Waals surface area contributed by atoms with Crippen molar-refractivity contribution in [2.45, 2.75) is 79.5 Å². The van der Waals surface area contributed by atoms with Crippen molar-refractivity contribution in [2.24, 2.45) is 5.41 Å². The van der Waals surface area contributed by atoms with Gasteiger partial charge in [0.05, 0.1) is 21.2 Å². The average Bonchev–Trinajstić information content (AvgIpc) is 3.81. The Balaban J connectivity index is 1.39.